The molecule has 2 aliphatic rings. The third-order valence-corrected chi connectivity index (χ3v) is 3.61. The highest BCUT2D eigenvalue weighted by Crippen LogP contribution is 2.45. The lowest BCUT2D eigenvalue weighted by atomic mass is 9.84. The van der Waals surface area contributed by atoms with Crippen LogP contribution in [0.2, 0.25) is 0 Å². The van der Waals surface area contributed by atoms with Crippen molar-refractivity contribution in [3.63, 3.8) is 0 Å². The fourth-order valence-corrected chi connectivity index (χ4v) is 3.03. The summed E-state index contributed by atoms with van der Waals surface area (Å²) in [4.78, 5) is 0. The van der Waals surface area contributed by atoms with E-state index >= 15 is 0 Å². The molecule has 1 aliphatic carbocycles. The number of piperidine rings is 1. The summed E-state index contributed by atoms with van der Waals surface area (Å²) in [7, 11) is 0. The summed E-state index contributed by atoms with van der Waals surface area (Å²) in [6.07, 6.45) is 4.56. The second-order valence-corrected chi connectivity index (χ2v) is 4.30. The molecule has 2 heterocycles. The molecule has 13 heavy (non-hydrogen) atoms. The largest absolute Gasteiger partial charge is 0.469 e. The molecule has 1 saturated heterocycles. The molecule has 2 nitrogen and oxygen atoms in total. The van der Waals surface area contributed by atoms with Crippen LogP contribution in [0.1, 0.15) is 24.5 Å². The molecule has 1 N–H and O–H groups in total. The lowest BCUT2D eigenvalue weighted by molar-refractivity contribution is 0.283. The number of nitrogens with one attached hydrogen (secondary N) is 1. The molecule has 2 heteroatoms. The third-order valence-electron chi connectivity index (χ3n) is 3.61. The van der Waals surface area contributed by atoms with E-state index in [1.807, 2.05) is 6.07 Å². The average molecular weight is 177 g/mol. The van der Waals surface area contributed by atoms with Crippen molar-refractivity contribution >= 4 is 0 Å². The van der Waals surface area contributed by atoms with Gasteiger partial charge >= 0.3 is 0 Å². The molecule has 3 rings (SSSR count). The fraction of sp³-hybridized carbons (Fsp3) is 0.636. The third kappa shape index (κ3) is 1.12. The molecular weight excluding hydrogens is 162 g/mol. The van der Waals surface area contributed by atoms with E-state index in [0.29, 0.717) is 5.92 Å². The monoisotopic (exact) mass is 177 g/mol. The van der Waals surface area contributed by atoms with Crippen LogP contribution in [0.5, 0.6) is 0 Å². The minimum Gasteiger partial charge on any atom is -0.469 e. The summed E-state index contributed by atoms with van der Waals surface area (Å²) in [5.41, 5.74) is 0. The van der Waals surface area contributed by atoms with E-state index in [0.717, 1.165) is 11.8 Å². The molecule has 2 fully saturated rings. The zero-order chi connectivity index (χ0) is 8.67. The number of furan rings is 1. The molecule has 2 bridgehead atoms. The van der Waals surface area contributed by atoms with E-state index in [1.165, 1.54) is 31.7 Å². The van der Waals surface area contributed by atoms with Gasteiger partial charge in [0.25, 0.3) is 0 Å². The van der Waals surface area contributed by atoms with Crippen LogP contribution < -0.4 is 5.32 Å². The SMILES string of the molecule is c1coc(C2C3CCC2CNC3)c1. The van der Waals surface area contributed by atoms with Gasteiger partial charge in [-0.25, -0.2) is 0 Å². The normalized spacial score (nSPS) is 38.0. The molecule has 70 valence electrons. The maximum Gasteiger partial charge on any atom is 0.107 e. The fourth-order valence-electron chi connectivity index (χ4n) is 3.03. The van der Waals surface area contributed by atoms with Crippen molar-refractivity contribution in [2.24, 2.45) is 11.8 Å². The number of hydrogen-bond acceptors (Lipinski definition) is 2. The Morgan fingerprint density at radius 3 is 2.62 bits per heavy atom. The summed E-state index contributed by atoms with van der Waals surface area (Å²) in [5, 5.41) is 3.50. The lowest BCUT2D eigenvalue weighted by Crippen LogP contribution is -2.36. The molecule has 1 aromatic rings. The highest BCUT2D eigenvalue weighted by atomic mass is 16.3. The predicted octanol–water partition coefficient (Wildman–Crippen LogP) is 1.99. The van der Waals surface area contributed by atoms with Crippen molar-refractivity contribution < 1.29 is 4.42 Å². The van der Waals surface area contributed by atoms with Gasteiger partial charge in [-0.05, 0) is 49.9 Å². The number of fused-ring (bicyclic) bond motifs is 2. The Labute approximate surface area is 78.3 Å². The molecule has 1 aliphatic heterocycles. The Balaban J connectivity index is 1.91. The maximum absolute atomic E-state index is 5.53. The summed E-state index contributed by atoms with van der Waals surface area (Å²) < 4.78 is 5.53. The molecule has 0 radical (unpaired) electrons. The molecule has 0 aromatic carbocycles. The minimum absolute atomic E-state index is 0.705. The van der Waals surface area contributed by atoms with Gasteiger partial charge < -0.3 is 9.73 Å². The van der Waals surface area contributed by atoms with Crippen LogP contribution in [0.3, 0.4) is 0 Å². The number of rotatable bonds is 1. The highest BCUT2D eigenvalue weighted by molar-refractivity contribution is 5.13. The van der Waals surface area contributed by atoms with Crippen molar-refractivity contribution in [3.05, 3.63) is 24.2 Å². The molecule has 1 saturated carbocycles. The summed E-state index contributed by atoms with van der Waals surface area (Å²) in [6, 6.07) is 4.15. The quantitative estimate of drug-likeness (QED) is 0.709. The van der Waals surface area contributed by atoms with E-state index in [9.17, 15) is 0 Å². The van der Waals surface area contributed by atoms with Gasteiger partial charge in [-0.3, -0.25) is 0 Å². The van der Waals surface area contributed by atoms with Gasteiger partial charge in [0.15, 0.2) is 0 Å². The van der Waals surface area contributed by atoms with Crippen LogP contribution in [0.15, 0.2) is 22.8 Å². The van der Waals surface area contributed by atoms with Gasteiger partial charge in [-0.1, -0.05) is 0 Å². The topological polar surface area (TPSA) is 25.2 Å². The Morgan fingerprint density at radius 2 is 2.00 bits per heavy atom. The van der Waals surface area contributed by atoms with Crippen LogP contribution in [0, 0.1) is 11.8 Å². The first kappa shape index (κ1) is 7.63. The Hall–Kier alpha value is -0.760. The molecule has 2 atom stereocenters. The van der Waals surface area contributed by atoms with Crippen molar-refractivity contribution in [1.29, 1.82) is 0 Å². The van der Waals surface area contributed by atoms with Crippen LogP contribution in [-0.4, -0.2) is 13.1 Å². The van der Waals surface area contributed by atoms with Gasteiger partial charge in [-0.2, -0.15) is 0 Å². The van der Waals surface area contributed by atoms with Crippen LogP contribution in [0.4, 0.5) is 0 Å². The van der Waals surface area contributed by atoms with Crippen LogP contribution in [0.25, 0.3) is 0 Å². The zero-order valence-electron chi connectivity index (χ0n) is 7.70. The average Bonchev–Trinajstić information content (AvgIpc) is 2.72. The second-order valence-electron chi connectivity index (χ2n) is 4.30. The molecule has 0 spiro atoms. The van der Waals surface area contributed by atoms with E-state index in [1.54, 1.807) is 6.26 Å². The molecular formula is C11H15NO. The standard InChI is InChI=1S/C11H15NO/c1-2-10(13-5-1)11-8-3-4-9(11)7-12-6-8/h1-2,5,8-9,11-12H,3-4,6-7H2. The van der Waals surface area contributed by atoms with Gasteiger partial charge in [0.1, 0.15) is 5.76 Å². The molecule has 2 unspecified atom stereocenters. The Bertz CT molecular complexity index is 264. The van der Waals surface area contributed by atoms with Crippen molar-refractivity contribution in [3.8, 4) is 0 Å². The first-order chi connectivity index (χ1) is 6.45. The summed E-state index contributed by atoms with van der Waals surface area (Å²) in [5.74, 6) is 3.57. The van der Waals surface area contributed by atoms with Crippen molar-refractivity contribution in [2.75, 3.05) is 13.1 Å². The molecule has 0 amide bonds. The first-order valence-electron chi connectivity index (χ1n) is 5.19. The van der Waals surface area contributed by atoms with Gasteiger partial charge in [0.05, 0.1) is 6.26 Å². The molecule has 1 aromatic heterocycles. The lowest BCUT2D eigenvalue weighted by Gasteiger charge is -2.29. The Morgan fingerprint density at radius 1 is 1.23 bits per heavy atom. The van der Waals surface area contributed by atoms with Crippen molar-refractivity contribution in [1.82, 2.24) is 5.32 Å². The van der Waals surface area contributed by atoms with Gasteiger partial charge in [0, 0.05) is 5.92 Å². The smallest absolute Gasteiger partial charge is 0.107 e. The predicted molar refractivity (Wildman–Crippen MR) is 50.5 cm³/mol. The maximum atomic E-state index is 5.53. The Kier molecular flexibility index (Phi) is 1.69. The first-order valence-corrected chi connectivity index (χ1v) is 5.19. The van der Waals surface area contributed by atoms with E-state index in [2.05, 4.69) is 11.4 Å². The van der Waals surface area contributed by atoms with E-state index in [4.69, 9.17) is 4.42 Å². The van der Waals surface area contributed by atoms with E-state index in [-0.39, 0.29) is 0 Å². The van der Waals surface area contributed by atoms with Gasteiger partial charge in [0.2, 0.25) is 0 Å². The summed E-state index contributed by atoms with van der Waals surface area (Å²) in [6.45, 7) is 2.36. The summed E-state index contributed by atoms with van der Waals surface area (Å²) >= 11 is 0. The highest BCUT2D eigenvalue weighted by Gasteiger charge is 2.40. The minimum atomic E-state index is 0.705. The van der Waals surface area contributed by atoms with Crippen molar-refractivity contribution in [2.45, 2.75) is 18.8 Å². The van der Waals surface area contributed by atoms with Gasteiger partial charge in [-0.15, -0.1) is 0 Å². The van der Waals surface area contributed by atoms with Crippen LogP contribution in [-0.2, 0) is 0 Å². The number of hydrogen-bond donors (Lipinski definition) is 1. The van der Waals surface area contributed by atoms with E-state index < -0.39 is 0 Å². The van der Waals surface area contributed by atoms with Crippen LogP contribution >= 0.6 is 0 Å². The zero-order valence-corrected chi connectivity index (χ0v) is 7.70. The second kappa shape index (κ2) is 2.88.